The average Bonchev–Trinajstić information content (AvgIpc) is 2.78. The smallest absolute Gasteiger partial charge is 0.327 e. The highest BCUT2D eigenvalue weighted by atomic mass is 16.6. The lowest BCUT2D eigenvalue weighted by molar-refractivity contribution is -0.158. The lowest BCUT2D eigenvalue weighted by Gasteiger charge is -2.24. The van der Waals surface area contributed by atoms with E-state index < -0.39 is 11.1 Å². The molecule has 0 aliphatic heterocycles. The predicted octanol–water partition coefficient (Wildman–Crippen LogP) is 2.63. The number of hydrogen-bond donors (Lipinski definition) is 1. The van der Waals surface area contributed by atoms with Gasteiger partial charge in [-0.25, -0.2) is 4.79 Å². The molecule has 1 fully saturated rings. The van der Waals surface area contributed by atoms with E-state index in [9.17, 15) is 4.79 Å². The van der Waals surface area contributed by atoms with Crippen LogP contribution in [-0.4, -0.2) is 17.1 Å². The van der Waals surface area contributed by atoms with Gasteiger partial charge in [-0.15, -0.1) is 0 Å². The van der Waals surface area contributed by atoms with Crippen LogP contribution in [0.2, 0.25) is 0 Å². The third-order valence-corrected chi connectivity index (χ3v) is 4.44. The van der Waals surface area contributed by atoms with Gasteiger partial charge in [0, 0.05) is 5.41 Å². The van der Waals surface area contributed by atoms with Crippen molar-refractivity contribution in [3.05, 3.63) is 35.9 Å². The number of esters is 1. The lowest BCUT2D eigenvalue weighted by Crippen LogP contribution is -2.45. The average molecular weight is 261 g/mol. The van der Waals surface area contributed by atoms with Gasteiger partial charge in [0.15, 0.2) is 0 Å². The fourth-order valence-corrected chi connectivity index (χ4v) is 2.90. The monoisotopic (exact) mass is 261 g/mol. The van der Waals surface area contributed by atoms with E-state index >= 15 is 0 Å². The molecule has 0 amide bonds. The summed E-state index contributed by atoms with van der Waals surface area (Å²) in [6, 6.07) is 9.96. The van der Waals surface area contributed by atoms with Crippen LogP contribution in [0.25, 0.3) is 0 Å². The van der Waals surface area contributed by atoms with Crippen LogP contribution < -0.4 is 5.73 Å². The van der Waals surface area contributed by atoms with Crippen molar-refractivity contribution in [2.45, 2.75) is 51.2 Å². The van der Waals surface area contributed by atoms with E-state index in [-0.39, 0.29) is 17.3 Å². The Bertz CT molecular complexity index is 491. The SMILES string of the molecule is C[C@@H]1[C@](C)(c2ccccc2)[C@]1(N)C(=O)OC(C)(C)C. The molecule has 0 saturated heterocycles. The number of hydrogen-bond acceptors (Lipinski definition) is 3. The van der Waals surface area contributed by atoms with E-state index in [1.165, 1.54) is 0 Å². The molecule has 1 aliphatic rings. The van der Waals surface area contributed by atoms with Gasteiger partial charge in [0.1, 0.15) is 11.1 Å². The second-order valence-corrected chi connectivity index (χ2v) is 6.66. The second kappa shape index (κ2) is 4.07. The summed E-state index contributed by atoms with van der Waals surface area (Å²) in [6.45, 7) is 9.64. The standard InChI is InChI=1S/C16H23NO2/c1-11-15(5,12-9-7-6-8-10-12)16(11,17)13(18)19-14(2,3)4/h6-11H,17H2,1-5H3/t11-,15-,16-/m1/s1. The van der Waals surface area contributed by atoms with Crippen LogP contribution >= 0.6 is 0 Å². The maximum absolute atomic E-state index is 12.4. The van der Waals surface area contributed by atoms with Crippen molar-refractivity contribution < 1.29 is 9.53 Å². The van der Waals surface area contributed by atoms with Crippen LogP contribution in [0.5, 0.6) is 0 Å². The first-order valence-corrected chi connectivity index (χ1v) is 6.72. The van der Waals surface area contributed by atoms with Gasteiger partial charge < -0.3 is 10.5 Å². The first kappa shape index (κ1) is 14.1. The van der Waals surface area contributed by atoms with E-state index in [1.54, 1.807) is 0 Å². The van der Waals surface area contributed by atoms with Gasteiger partial charge in [-0.2, -0.15) is 0 Å². The summed E-state index contributed by atoms with van der Waals surface area (Å²) in [5.74, 6) is -0.240. The van der Waals surface area contributed by atoms with E-state index in [1.807, 2.05) is 65.0 Å². The molecule has 0 aromatic heterocycles. The molecule has 1 aliphatic carbocycles. The quantitative estimate of drug-likeness (QED) is 0.833. The molecule has 0 bridgehead atoms. The minimum Gasteiger partial charge on any atom is -0.459 e. The Labute approximate surface area is 115 Å². The molecule has 0 spiro atoms. The molecule has 104 valence electrons. The van der Waals surface area contributed by atoms with Gasteiger partial charge in [0.05, 0.1) is 0 Å². The van der Waals surface area contributed by atoms with Crippen LogP contribution in [0.1, 0.15) is 40.2 Å². The minimum absolute atomic E-state index is 0.0669. The second-order valence-electron chi connectivity index (χ2n) is 6.66. The Morgan fingerprint density at radius 2 is 1.79 bits per heavy atom. The number of nitrogens with two attached hydrogens (primary N) is 1. The fourth-order valence-electron chi connectivity index (χ4n) is 2.90. The topological polar surface area (TPSA) is 52.3 Å². The van der Waals surface area contributed by atoms with Crippen molar-refractivity contribution in [2.24, 2.45) is 11.7 Å². The first-order chi connectivity index (χ1) is 8.64. The summed E-state index contributed by atoms with van der Waals surface area (Å²) in [4.78, 5) is 12.4. The van der Waals surface area contributed by atoms with E-state index in [4.69, 9.17) is 10.5 Å². The van der Waals surface area contributed by atoms with Gasteiger partial charge in [-0.3, -0.25) is 0 Å². The zero-order valence-electron chi connectivity index (χ0n) is 12.4. The molecule has 3 atom stereocenters. The van der Waals surface area contributed by atoms with Gasteiger partial charge >= 0.3 is 5.97 Å². The zero-order valence-corrected chi connectivity index (χ0v) is 12.4. The summed E-state index contributed by atoms with van der Waals surface area (Å²) in [5.41, 5.74) is 5.68. The molecular weight excluding hydrogens is 238 g/mol. The van der Waals surface area contributed by atoms with Crippen molar-refractivity contribution >= 4 is 5.97 Å². The normalized spacial score (nSPS) is 33.9. The van der Waals surface area contributed by atoms with Crippen molar-refractivity contribution in [1.82, 2.24) is 0 Å². The number of carbonyl (C=O) groups is 1. The Hall–Kier alpha value is -1.35. The third-order valence-electron chi connectivity index (χ3n) is 4.44. The van der Waals surface area contributed by atoms with Gasteiger partial charge in [-0.05, 0) is 32.3 Å². The third kappa shape index (κ3) is 1.96. The summed E-state index contributed by atoms with van der Waals surface area (Å²) >= 11 is 0. The van der Waals surface area contributed by atoms with E-state index in [0.29, 0.717) is 0 Å². The predicted molar refractivity (Wildman–Crippen MR) is 75.7 cm³/mol. The summed E-state index contributed by atoms with van der Waals surface area (Å²) < 4.78 is 5.49. The maximum Gasteiger partial charge on any atom is 0.327 e. The van der Waals surface area contributed by atoms with Gasteiger partial charge in [0.2, 0.25) is 0 Å². The van der Waals surface area contributed by atoms with Crippen molar-refractivity contribution in [1.29, 1.82) is 0 Å². The van der Waals surface area contributed by atoms with Gasteiger partial charge in [-0.1, -0.05) is 44.2 Å². The van der Waals surface area contributed by atoms with Crippen molar-refractivity contribution in [3.63, 3.8) is 0 Å². The number of carbonyl (C=O) groups excluding carboxylic acids is 1. The molecule has 1 saturated carbocycles. The molecule has 0 unspecified atom stereocenters. The molecule has 1 aromatic rings. The highest BCUT2D eigenvalue weighted by molar-refractivity contribution is 5.89. The summed E-state index contributed by atoms with van der Waals surface area (Å²) in [5, 5.41) is 0. The molecule has 19 heavy (non-hydrogen) atoms. The Kier molecular flexibility index (Phi) is 3.01. The maximum atomic E-state index is 12.4. The number of benzene rings is 1. The largest absolute Gasteiger partial charge is 0.459 e. The zero-order chi connectivity index (χ0) is 14.5. The van der Waals surface area contributed by atoms with Crippen LogP contribution in [0, 0.1) is 5.92 Å². The van der Waals surface area contributed by atoms with Crippen LogP contribution in [0.15, 0.2) is 30.3 Å². The number of rotatable bonds is 2. The summed E-state index contributed by atoms with van der Waals surface area (Å²) in [7, 11) is 0. The summed E-state index contributed by atoms with van der Waals surface area (Å²) in [6.07, 6.45) is 0. The fraction of sp³-hybridized carbons (Fsp3) is 0.562. The number of ether oxygens (including phenoxy) is 1. The lowest BCUT2D eigenvalue weighted by atomic mass is 9.92. The molecule has 2 N–H and O–H groups in total. The molecular formula is C16H23NO2. The highest BCUT2D eigenvalue weighted by Gasteiger charge is 2.75. The molecule has 0 radical (unpaired) electrons. The van der Waals surface area contributed by atoms with Crippen molar-refractivity contribution in [3.8, 4) is 0 Å². The van der Waals surface area contributed by atoms with Crippen LogP contribution in [0.4, 0.5) is 0 Å². The Morgan fingerprint density at radius 3 is 2.26 bits per heavy atom. The minimum atomic E-state index is -0.929. The Morgan fingerprint density at radius 1 is 1.26 bits per heavy atom. The van der Waals surface area contributed by atoms with Crippen LogP contribution in [-0.2, 0) is 14.9 Å². The van der Waals surface area contributed by atoms with Crippen LogP contribution in [0.3, 0.4) is 0 Å². The van der Waals surface area contributed by atoms with E-state index in [2.05, 4.69) is 0 Å². The van der Waals surface area contributed by atoms with E-state index in [0.717, 1.165) is 5.56 Å². The first-order valence-electron chi connectivity index (χ1n) is 6.72. The molecule has 2 rings (SSSR count). The molecule has 1 aromatic carbocycles. The van der Waals surface area contributed by atoms with Crippen molar-refractivity contribution in [2.75, 3.05) is 0 Å². The van der Waals surface area contributed by atoms with Gasteiger partial charge in [0.25, 0.3) is 0 Å². The Balaban J connectivity index is 2.30. The highest BCUT2D eigenvalue weighted by Crippen LogP contribution is 2.61. The molecule has 3 heteroatoms. The molecule has 0 heterocycles. The molecule has 3 nitrogen and oxygen atoms in total.